The summed E-state index contributed by atoms with van der Waals surface area (Å²) in [7, 11) is 1.67. The molecule has 0 spiro atoms. The zero-order valence-corrected chi connectivity index (χ0v) is 21.9. The van der Waals surface area contributed by atoms with E-state index in [-0.39, 0.29) is 5.91 Å². The minimum Gasteiger partial charge on any atom is -0.497 e. The predicted octanol–water partition coefficient (Wildman–Crippen LogP) is 5.94. The maximum atomic E-state index is 13.3. The highest BCUT2D eigenvalue weighted by atomic mass is 32.2. The van der Waals surface area contributed by atoms with Crippen molar-refractivity contribution in [3.8, 4) is 16.9 Å². The third-order valence-corrected chi connectivity index (χ3v) is 6.61. The molecule has 0 saturated carbocycles. The topological polar surface area (TPSA) is 66.8 Å². The number of hydrogen-bond acceptors (Lipinski definition) is 5. The second-order valence-corrected chi connectivity index (χ2v) is 9.35. The molecule has 3 aromatic rings. The number of pyridine rings is 1. The van der Waals surface area contributed by atoms with Gasteiger partial charge < -0.3 is 14.4 Å². The smallest absolute Gasteiger partial charge is 0.272 e. The van der Waals surface area contributed by atoms with E-state index < -0.39 is 0 Å². The number of ether oxygens (including phenoxy) is 1. The molecule has 190 valence electrons. The van der Waals surface area contributed by atoms with Gasteiger partial charge in [0, 0.05) is 38.0 Å². The van der Waals surface area contributed by atoms with Gasteiger partial charge in [0.15, 0.2) is 0 Å². The Morgan fingerprint density at radius 2 is 1.78 bits per heavy atom. The van der Waals surface area contributed by atoms with Crippen LogP contribution in [0.3, 0.4) is 0 Å². The molecule has 0 atom stereocenters. The molecule has 0 radical (unpaired) electrons. The van der Waals surface area contributed by atoms with Crippen LogP contribution in [0.25, 0.3) is 11.1 Å². The van der Waals surface area contributed by atoms with Crippen LogP contribution in [0.1, 0.15) is 28.9 Å². The molecule has 1 aromatic heterocycles. The van der Waals surface area contributed by atoms with Gasteiger partial charge in [0.25, 0.3) is 5.91 Å². The molecule has 0 unspecified atom stereocenters. The molecule has 1 aliphatic heterocycles. The predicted molar refractivity (Wildman–Crippen MR) is 153 cm³/mol. The van der Waals surface area contributed by atoms with E-state index in [1.54, 1.807) is 31.3 Å². The minimum absolute atomic E-state index is 0.0717. The number of hydrogen-bond donors (Lipinski definition) is 1. The largest absolute Gasteiger partial charge is 0.497 e. The lowest BCUT2D eigenvalue weighted by atomic mass is 10.0. The molecule has 6 nitrogen and oxygen atoms in total. The molecule has 1 aliphatic rings. The van der Waals surface area contributed by atoms with Gasteiger partial charge in [-0.3, -0.25) is 14.8 Å². The molecule has 0 saturated heterocycles. The van der Waals surface area contributed by atoms with Crippen LogP contribution in [0.5, 0.6) is 5.75 Å². The Labute approximate surface area is 223 Å². The lowest BCUT2D eigenvalue weighted by Crippen LogP contribution is -2.32. The van der Waals surface area contributed by atoms with E-state index in [1.165, 1.54) is 0 Å². The van der Waals surface area contributed by atoms with Crippen molar-refractivity contribution in [2.24, 2.45) is 4.99 Å². The fourth-order valence-electron chi connectivity index (χ4n) is 3.89. The van der Waals surface area contributed by atoms with E-state index in [1.807, 2.05) is 41.3 Å². The normalized spacial score (nSPS) is 16.1. The maximum absolute atomic E-state index is 13.3. The molecule has 0 aliphatic carbocycles. The second kappa shape index (κ2) is 14.0. The monoisotopic (exact) mass is 512 g/mol. The molecular formula is C30H32N4O2S. The number of amides is 1. The lowest BCUT2D eigenvalue weighted by Gasteiger charge is -2.22. The fraction of sp³-hybridized carbons (Fsp3) is 0.233. The van der Waals surface area contributed by atoms with Crippen molar-refractivity contribution in [3.63, 3.8) is 0 Å². The van der Waals surface area contributed by atoms with Gasteiger partial charge in [-0.05, 0) is 59.3 Å². The Morgan fingerprint density at radius 3 is 2.51 bits per heavy atom. The average molecular weight is 513 g/mol. The molecule has 0 fully saturated rings. The van der Waals surface area contributed by atoms with Crippen molar-refractivity contribution in [2.75, 3.05) is 26.0 Å². The molecule has 1 amide bonds. The van der Waals surface area contributed by atoms with Crippen LogP contribution in [0, 0.1) is 0 Å². The number of nitrogens with one attached hydrogen (secondary N) is 1. The third-order valence-electron chi connectivity index (χ3n) is 5.87. The Morgan fingerprint density at radius 1 is 1.03 bits per heavy atom. The maximum Gasteiger partial charge on any atom is 0.272 e. The summed E-state index contributed by atoms with van der Waals surface area (Å²) in [6.07, 6.45) is 11.5. The number of allylic oxidation sites excluding steroid dienone is 2. The van der Waals surface area contributed by atoms with Crippen LogP contribution < -0.4 is 9.46 Å². The highest BCUT2D eigenvalue weighted by molar-refractivity contribution is 7.98. The number of nitrogens with zero attached hydrogens (tertiary/aromatic N) is 3. The lowest BCUT2D eigenvalue weighted by molar-refractivity contribution is 0.0736. The van der Waals surface area contributed by atoms with Gasteiger partial charge in [0.1, 0.15) is 17.3 Å². The molecular weight excluding hydrogens is 480 g/mol. The van der Waals surface area contributed by atoms with Gasteiger partial charge in [-0.1, -0.05) is 66.8 Å². The quantitative estimate of drug-likeness (QED) is 0.284. The first-order chi connectivity index (χ1) is 18.2. The van der Waals surface area contributed by atoms with E-state index in [9.17, 15) is 4.79 Å². The molecule has 1 N–H and O–H groups in total. The molecule has 2 heterocycles. The first-order valence-corrected chi connectivity index (χ1v) is 13.4. The van der Waals surface area contributed by atoms with Crippen molar-refractivity contribution in [1.29, 1.82) is 0 Å². The number of methoxy groups -OCH3 is 1. The summed E-state index contributed by atoms with van der Waals surface area (Å²) in [6.45, 7) is 1.75. The standard InChI is InChI=1S/C30H32N4O2S/c1-36-27-17-15-26(16-18-27)25-13-11-24(12-14-25)23-34(30(35)28-9-5-6-19-31-28)21-8-20-32-29-10-4-2-3-7-22-37-33-29/h2-7,9,11-19H,8,10,20-23H2,1H3,(H,32,33)/b4-2-,7-3-. The van der Waals surface area contributed by atoms with Crippen LogP contribution in [0.4, 0.5) is 0 Å². The summed E-state index contributed by atoms with van der Waals surface area (Å²) in [5.74, 6) is 2.62. The molecule has 0 bridgehead atoms. The van der Waals surface area contributed by atoms with Crippen LogP contribution in [0.2, 0.25) is 0 Å². The number of amidine groups is 1. The van der Waals surface area contributed by atoms with Gasteiger partial charge in [-0.2, -0.15) is 0 Å². The second-order valence-electron chi connectivity index (χ2n) is 8.52. The van der Waals surface area contributed by atoms with Crippen LogP contribution in [-0.4, -0.2) is 47.6 Å². The van der Waals surface area contributed by atoms with E-state index in [4.69, 9.17) is 9.73 Å². The fourth-order valence-corrected chi connectivity index (χ4v) is 4.49. The van der Waals surface area contributed by atoms with Crippen LogP contribution >= 0.6 is 11.9 Å². The summed E-state index contributed by atoms with van der Waals surface area (Å²) < 4.78 is 8.59. The van der Waals surface area contributed by atoms with Gasteiger partial charge in [-0.25, -0.2) is 0 Å². The number of aliphatic imine (C=N–C) groups is 1. The van der Waals surface area contributed by atoms with Gasteiger partial charge in [0.05, 0.1) is 7.11 Å². The Bertz CT molecular complexity index is 1220. The van der Waals surface area contributed by atoms with Crippen molar-refractivity contribution < 1.29 is 9.53 Å². The number of aromatic nitrogens is 1. The number of benzene rings is 2. The summed E-state index contributed by atoms with van der Waals surface area (Å²) in [5.41, 5.74) is 3.76. The first-order valence-electron chi connectivity index (χ1n) is 12.4. The van der Waals surface area contributed by atoms with Crippen molar-refractivity contribution >= 4 is 23.7 Å². The zero-order valence-electron chi connectivity index (χ0n) is 21.0. The van der Waals surface area contributed by atoms with Crippen molar-refractivity contribution in [2.45, 2.75) is 19.4 Å². The number of carbonyl (C=O) groups is 1. The highest BCUT2D eigenvalue weighted by Crippen LogP contribution is 2.23. The molecule has 2 aromatic carbocycles. The zero-order chi connectivity index (χ0) is 25.7. The summed E-state index contributed by atoms with van der Waals surface area (Å²) in [6, 6.07) is 21.8. The SMILES string of the molecule is COc1ccc(-c2ccc(CN(CCCN=C3C/C=C\C=C/CSN3)C(=O)c3ccccn3)cc2)cc1. The van der Waals surface area contributed by atoms with Crippen molar-refractivity contribution in [3.05, 3.63) is 108 Å². The Kier molecular flexibility index (Phi) is 9.95. The van der Waals surface area contributed by atoms with Crippen LogP contribution in [0.15, 0.2) is 102 Å². The average Bonchev–Trinajstić information content (AvgIpc) is 3.09. The van der Waals surface area contributed by atoms with E-state index >= 15 is 0 Å². The Hall–Kier alpha value is -3.84. The van der Waals surface area contributed by atoms with Gasteiger partial charge >= 0.3 is 0 Å². The summed E-state index contributed by atoms with van der Waals surface area (Å²) >= 11 is 1.63. The number of rotatable bonds is 9. The third kappa shape index (κ3) is 8.08. The molecule has 7 heteroatoms. The van der Waals surface area contributed by atoms with Crippen molar-refractivity contribution in [1.82, 2.24) is 14.6 Å². The summed E-state index contributed by atoms with van der Waals surface area (Å²) in [4.78, 5) is 24.2. The highest BCUT2D eigenvalue weighted by Gasteiger charge is 2.17. The molecule has 37 heavy (non-hydrogen) atoms. The van der Waals surface area contributed by atoms with Gasteiger partial charge in [0.2, 0.25) is 0 Å². The molecule has 4 rings (SSSR count). The van der Waals surface area contributed by atoms with E-state index in [0.717, 1.165) is 46.9 Å². The number of carbonyl (C=O) groups excluding carboxylic acids is 1. The Balaban J connectivity index is 1.41. The minimum atomic E-state index is -0.0717. The summed E-state index contributed by atoms with van der Waals surface area (Å²) in [5, 5.41) is 0. The van der Waals surface area contributed by atoms with Gasteiger partial charge in [-0.15, -0.1) is 0 Å². The van der Waals surface area contributed by atoms with Crippen LogP contribution in [-0.2, 0) is 6.54 Å². The van der Waals surface area contributed by atoms with E-state index in [0.29, 0.717) is 25.3 Å². The first kappa shape index (κ1) is 26.2. The van der Waals surface area contributed by atoms with E-state index in [2.05, 4.69) is 58.3 Å².